The van der Waals surface area contributed by atoms with Gasteiger partial charge in [0.1, 0.15) is 0 Å². The van der Waals surface area contributed by atoms with Crippen molar-refractivity contribution in [3.8, 4) is 0 Å². The summed E-state index contributed by atoms with van der Waals surface area (Å²) in [5.74, 6) is 0.761. The number of rotatable bonds is 8. The number of aromatic nitrogens is 5. The molecule has 1 amide bonds. The molecule has 0 saturated carbocycles. The highest BCUT2D eigenvalue weighted by Crippen LogP contribution is 2.33. The van der Waals surface area contributed by atoms with Crippen LogP contribution in [0.1, 0.15) is 26.1 Å². The summed E-state index contributed by atoms with van der Waals surface area (Å²) in [6.45, 7) is 3.96. The monoisotopic (exact) mass is 471 g/mol. The maximum Gasteiger partial charge on any atom is 0.250 e. The summed E-state index contributed by atoms with van der Waals surface area (Å²) < 4.78 is 7.16. The number of carbonyl (C=O) groups is 1. The Morgan fingerprint density at radius 2 is 2.21 bits per heavy atom. The van der Waals surface area contributed by atoms with E-state index in [1.54, 1.807) is 24.1 Å². The second-order valence-corrected chi connectivity index (χ2v) is 8.34. The Hall–Kier alpha value is -3.21. The molecule has 0 bridgehead atoms. The van der Waals surface area contributed by atoms with Crippen LogP contribution in [0.25, 0.3) is 16.5 Å². The zero-order valence-corrected chi connectivity index (χ0v) is 19.3. The molecule has 1 atom stereocenters. The van der Waals surface area contributed by atoms with Crippen LogP contribution in [0.5, 0.6) is 0 Å². The maximum atomic E-state index is 12.5. The summed E-state index contributed by atoms with van der Waals surface area (Å²) >= 11 is 6.53. The van der Waals surface area contributed by atoms with Gasteiger partial charge in [-0.3, -0.25) is 9.89 Å². The normalized spacial score (nSPS) is 16.1. The fourth-order valence-electron chi connectivity index (χ4n) is 3.64. The van der Waals surface area contributed by atoms with Gasteiger partial charge in [-0.25, -0.2) is 4.68 Å². The summed E-state index contributed by atoms with van der Waals surface area (Å²) in [7, 11) is 1.57. The van der Waals surface area contributed by atoms with Gasteiger partial charge in [0.05, 0.1) is 41.7 Å². The molecule has 33 heavy (non-hydrogen) atoms. The molecule has 0 aliphatic heterocycles. The number of aliphatic hydroxyl groups excluding tert-OH is 1. The molecular weight excluding hydrogens is 446 g/mol. The number of methoxy groups -OCH3 is 1. The Kier molecular flexibility index (Phi) is 6.77. The van der Waals surface area contributed by atoms with E-state index in [4.69, 9.17) is 16.3 Å². The molecule has 0 spiro atoms. The van der Waals surface area contributed by atoms with Gasteiger partial charge < -0.3 is 20.5 Å². The summed E-state index contributed by atoms with van der Waals surface area (Å²) in [5.41, 5.74) is 2.84. The summed E-state index contributed by atoms with van der Waals surface area (Å²) in [5, 5.41) is 28.3. The van der Waals surface area contributed by atoms with Crippen molar-refractivity contribution in [1.29, 1.82) is 0 Å². The number of halogens is 1. The number of hydrogen-bond acceptors (Lipinski definition) is 7. The number of aromatic amines is 1. The molecule has 2 aromatic heterocycles. The molecule has 0 radical (unpaired) electrons. The zero-order valence-electron chi connectivity index (χ0n) is 18.6. The van der Waals surface area contributed by atoms with Crippen LogP contribution >= 0.6 is 11.6 Å². The molecule has 4 rings (SSSR count). The van der Waals surface area contributed by atoms with Gasteiger partial charge in [0, 0.05) is 36.1 Å². The fourth-order valence-corrected chi connectivity index (χ4v) is 3.90. The smallest absolute Gasteiger partial charge is 0.250 e. The first-order valence-corrected chi connectivity index (χ1v) is 11.0. The molecule has 0 fully saturated rings. The first-order valence-electron chi connectivity index (χ1n) is 10.6. The van der Waals surface area contributed by atoms with Gasteiger partial charge in [-0.05, 0) is 26.0 Å². The van der Waals surface area contributed by atoms with E-state index in [9.17, 15) is 9.90 Å². The van der Waals surface area contributed by atoms with Crippen LogP contribution in [0.3, 0.4) is 0 Å². The largest absolute Gasteiger partial charge is 0.394 e. The van der Waals surface area contributed by atoms with Crippen molar-refractivity contribution in [2.45, 2.75) is 39.0 Å². The number of benzene rings is 1. The topological polar surface area (TPSA) is 130 Å². The van der Waals surface area contributed by atoms with E-state index in [1.165, 1.54) is 0 Å². The Labute approximate surface area is 195 Å². The molecule has 0 saturated heterocycles. The highest BCUT2D eigenvalue weighted by molar-refractivity contribution is 6.38. The molecule has 2 heterocycles. The van der Waals surface area contributed by atoms with E-state index >= 15 is 0 Å². The van der Waals surface area contributed by atoms with E-state index in [-0.39, 0.29) is 25.1 Å². The minimum absolute atomic E-state index is 0.0267. The molecule has 1 aliphatic rings. The number of allylic oxidation sites excluding steroid dienone is 2. The van der Waals surface area contributed by atoms with Gasteiger partial charge in [-0.2, -0.15) is 10.1 Å². The van der Waals surface area contributed by atoms with Crippen LogP contribution < -0.4 is 10.6 Å². The molecular formula is C22H26ClN7O3. The minimum Gasteiger partial charge on any atom is -0.394 e. The van der Waals surface area contributed by atoms with Gasteiger partial charge in [-0.1, -0.05) is 23.8 Å². The number of nitrogens with one attached hydrogen (secondary N) is 3. The van der Waals surface area contributed by atoms with Crippen LogP contribution in [0.4, 0.5) is 11.6 Å². The Bertz CT molecular complexity index is 1230. The fraction of sp³-hybridized carbons (Fsp3) is 0.364. The van der Waals surface area contributed by atoms with E-state index in [2.05, 4.69) is 30.9 Å². The standard InChI is InChI=1S/C22H26ClN7O3/c1-12(2)25-21(32)14-5-4-13(10-18(14)33-3)20-27-22(30(29-20)8-9-31)26-17-7-6-16-15(19(17)23)11-24-28-16/h4-7,11-12,18,31H,8-10H2,1-3H3,(H,24,28)(H,25,32)(H,26,27,29). The lowest BCUT2D eigenvalue weighted by Crippen LogP contribution is -2.36. The number of carbonyl (C=O) groups excluding carboxylic acids is 1. The first-order chi connectivity index (χ1) is 15.9. The Morgan fingerprint density at radius 3 is 2.94 bits per heavy atom. The third-order valence-corrected chi connectivity index (χ3v) is 5.67. The lowest BCUT2D eigenvalue weighted by Gasteiger charge is -2.23. The van der Waals surface area contributed by atoms with E-state index in [0.29, 0.717) is 34.5 Å². The molecule has 4 N–H and O–H groups in total. The van der Waals surface area contributed by atoms with Crippen LogP contribution in [0.2, 0.25) is 5.02 Å². The third-order valence-electron chi connectivity index (χ3n) is 5.26. The lowest BCUT2D eigenvalue weighted by atomic mass is 9.94. The van der Waals surface area contributed by atoms with Crippen molar-refractivity contribution < 1.29 is 14.6 Å². The third kappa shape index (κ3) is 4.77. The van der Waals surface area contributed by atoms with Crippen molar-refractivity contribution >= 4 is 45.6 Å². The number of anilines is 2. The molecule has 1 aromatic carbocycles. The minimum atomic E-state index is -0.414. The number of H-pyrrole nitrogens is 1. The van der Waals surface area contributed by atoms with Crippen molar-refractivity contribution in [1.82, 2.24) is 30.3 Å². The predicted octanol–water partition coefficient (Wildman–Crippen LogP) is 2.80. The SMILES string of the molecule is COC1CC(c2nc(Nc3ccc4[nH]ncc4c3Cl)n(CCO)n2)=CC=C1C(=O)NC(C)C. The predicted molar refractivity (Wildman–Crippen MR) is 126 cm³/mol. The Morgan fingerprint density at radius 1 is 1.39 bits per heavy atom. The van der Waals surface area contributed by atoms with Gasteiger partial charge >= 0.3 is 0 Å². The highest BCUT2D eigenvalue weighted by atomic mass is 35.5. The highest BCUT2D eigenvalue weighted by Gasteiger charge is 2.27. The van der Waals surface area contributed by atoms with Crippen LogP contribution in [-0.2, 0) is 16.1 Å². The Balaban J connectivity index is 1.64. The lowest BCUT2D eigenvalue weighted by molar-refractivity contribution is -0.119. The van der Waals surface area contributed by atoms with E-state index in [0.717, 1.165) is 16.5 Å². The first kappa shape index (κ1) is 23.0. The number of amides is 1. The molecule has 10 nitrogen and oxygen atoms in total. The summed E-state index contributed by atoms with van der Waals surface area (Å²) in [4.78, 5) is 17.1. The number of fused-ring (bicyclic) bond motifs is 1. The van der Waals surface area contributed by atoms with Crippen molar-refractivity contribution in [3.05, 3.63) is 46.9 Å². The number of hydrogen-bond donors (Lipinski definition) is 4. The average molecular weight is 472 g/mol. The molecule has 1 unspecified atom stereocenters. The van der Waals surface area contributed by atoms with Crippen molar-refractivity contribution in [2.24, 2.45) is 0 Å². The number of aliphatic hydroxyl groups is 1. The van der Waals surface area contributed by atoms with E-state index < -0.39 is 6.10 Å². The molecule has 3 aromatic rings. The molecule has 1 aliphatic carbocycles. The van der Waals surface area contributed by atoms with Crippen LogP contribution in [0.15, 0.2) is 36.1 Å². The quantitative estimate of drug-likeness (QED) is 0.397. The second-order valence-electron chi connectivity index (χ2n) is 7.96. The van der Waals surface area contributed by atoms with Crippen LogP contribution in [0, 0.1) is 0 Å². The van der Waals surface area contributed by atoms with Crippen molar-refractivity contribution in [3.63, 3.8) is 0 Å². The average Bonchev–Trinajstić information content (AvgIpc) is 3.43. The van der Waals surface area contributed by atoms with Gasteiger partial charge in [0.2, 0.25) is 11.9 Å². The van der Waals surface area contributed by atoms with E-state index in [1.807, 2.05) is 32.1 Å². The summed E-state index contributed by atoms with van der Waals surface area (Å²) in [6.07, 6.45) is 5.26. The number of nitrogens with zero attached hydrogens (tertiary/aromatic N) is 4. The van der Waals surface area contributed by atoms with Crippen LogP contribution in [-0.4, -0.2) is 61.8 Å². The second kappa shape index (κ2) is 9.74. The maximum absolute atomic E-state index is 12.5. The molecule has 174 valence electrons. The van der Waals surface area contributed by atoms with Gasteiger partial charge in [0.25, 0.3) is 0 Å². The summed E-state index contributed by atoms with van der Waals surface area (Å²) in [6, 6.07) is 3.72. The number of ether oxygens (including phenoxy) is 1. The van der Waals surface area contributed by atoms with Gasteiger partial charge in [0.15, 0.2) is 5.82 Å². The van der Waals surface area contributed by atoms with Crippen molar-refractivity contribution in [2.75, 3.05) is 19.0 Å². The van der Waals surface area contributed by atoms with Gasteiger partial charge in [-0.15, -0.1) is 5.10 Å². The molecule has 11 heteroatoms. The zero-order chi connectivity index (χ0) is 23.5.